The van der Waals surface area contributed by atoms with Crippen LogP contribution < -0.4 is 5.32 Å². The van der Waals surface area contributed by atoms with Crippen LogP contribution in [-0.2, 0) is 11.3 Å². The van der Waals surface area contributed by atoms with Crippen molar-refractivity contribution in [3.63, 3.8) is 0 Å². The van der Waals surface area contributed by atoms with E-state index in [1.807, 2.05) is 36.2 Å². The van der Waals surface area contributed by atoms with Crippen molar-refractivity contribution in [2.24, 2.45) is 0 Å². The van der Waals surface area contributed by atoms with E-state index in [9.17, 15) is 4.79 Å². The van der Waals surface area contributed by atoms with Crippen LogP contribution in [0.4, 0.5) is 4.79 Å². The lowest BCUT2D eigenvalue weighted by atomic mass is 10.0. The Labute approximate surface area is 142 Å². The van der Waals surface area contributed by atoms with Gasteiger partial charge in [0.25, 0.3) is 0 Å². The van der Waals surface area contributed by atoms with Crippen molar-refractivity contribution in [2.45, 2.75) is 25.9 Å². The van der Waals surface area contributed by atoms with Crippen LogP contribution in [0.2, 0.25) is 0 Å². The van der Waals surface area contributed by atoms with Crippen LogP contribution in [-0.4, -0.2) is 46.8 Å². The van der Waals surface area contributed by atoms with Gasteiger partial charge in [-0.05, 0) is 18.9 Å². The normalized spacial score (nSPS) is 16.0. The number of carbonyl (C=O) groups is 1. The first-order valence-electron chi connectivity index (χ1n) is 8.40. The summed E-state index contributed by atoms with van der Waals surface area (Å²) in [7, 11) is 0. The van der Waals surface area contributed by atoms with Crippen molar-refractivity contribution in [3.05, 3.63) is 54.1 Å². The van der Waals surface area contributed by atoms with E-state index >= 15 is 0 Å². The first-order chi connectivity index (χ1) is 11.7. The molecule has 2 aromatic rings. The molecule has 1 aromatic heterocycles. The third kappa shape index (κ3) is 4.14. The number of amides is 2. The number of nitrogens with zero attached hydrogens (tertiary/aromatic N) is 3. The highest BCUT2D eigenvalue weighted by molar-refractivity contribution is 5.74. The van der Waals surface area contributed by atoms with Crippen LogP contribution in [0.25, 0.3) is 0 Å². The Morgan fingerprint density at radius 3 is 2.71 bits per heavy atom. The largest absolute Gasteiger partial charge is 0.378 e. The highest BCUT2D eigenvalue weighted by Crippen LogP contribution is 2.18. The predicted molar refractivity (Wildman–Crippen MR) is 91.7 cm³/mol. The molecule has 2 heterocycles. The molecule has 128 valence electrons. The standard InChI is InChI=1S/C18H24N4O2/c1-15-19-8-10-21(15)9-7-17(16-5-3-2-4-6-16)20-18(23)22-11-13-24-14-12-22/h2-6,8,10,17H,7,9,11-14H2,1H3,(H,20,23). The van der Waals surface area contributed by atoms with Gasteiger partial charge in [0.05, 0.1) is 19.3 Å². The number of ether oxygens (including phenoxy) is 1. The lowest BCUT2D eigenvalue weighted by Gasteiger charge is -2.29. The molecule has 0 bridgehead atoms. The summed E-state index contributed by atoms with van der Waals surface area (Å²) < 4.78 is 7.43. The molecule has 2 amide bonds. The quantitative estimate of drug-likeness (QED) is 0.917. The summed E-state index contributed by atoms with van der Waals surface area (Å²) in [4.78, 5) is 18.6. The Morgan fingerprint density at radius 2 is 2.04 bits per heavy atom. The average Bonchev–Trinajstić information content (AvgIpc) is 3.05. The number of benzene rings is 1. The molecule has 1 N–H and O–H groups in total. The number of nitrogens with one attached hydrogen (secondary N) is 1. The molecule has 1 aromatic carbocycles. The minimum atomic E-state index is -0.0247. The third-order valence-electron chi connectivity index (χ3n) is 4.38. The fourth-order valence-electron chi connectivity index (χ4n) is 2.92. The molecule has 1 saturated heterocycles. The van der Waals surface area contributed by atoms with E-state index in [2.05, 4.69) is 27.0 Å². The van der Waals surface area contributed by atoms with E-state index < -0.39 is 0 Å². The molecule has 1 atom stereocenters. The van der Waals surface area contributed by atoms with Gasteiger partial charge in [0.1, 0.15) is 5.82 Å². The Morgan fingerprint density at radius 1 is 1.29 bits per heavy atom. The van der Waals surface area contributed by atoms with E-state index in [1.54, 1.807) is 6.20 Å². The summed E-state index contributed by atoms with van der Waals surface area (Å²) in [5.41, 5.74) is 1.12. The van der Waals surface area contributed by atoms with Crippen molar-refractivity contribution in [1.29, 1.82) is 0 Å². The van der Waals surface area contributed by atoms with Crippen molar-refractivity contribution in [1.82, 2.24) is 19.8 Å². The van der Waals surface area contributed by atoms with Crippen LogP contribution in [0.15, 0.2) is 42.7 Å². The van der Waals surface area contributed by atoms with Crippen LogP contribution >= 0.6 is 0 Å². The van der Waals surface area contributed by atoms with Gasteiger partial charge in [0, 0.05) is 32.0 Å². The summed E-state index contributed by atoms with van der Waals surface area (Å²) in [6.45, 7) is 5.32. The van der Waals surface area contributed by atoms with Crippen molar-refractivity contribution >= 4 is 6.03 Å². The van der Waals surface area contributed by atoms with Crippen LogP contribution in [0.3, 0.4) is 0 Å². The first kappa shape index (κ1) is 16.5. The summed E-state index contributed by atoms with van der Waals surface area (Å²) in [6, 6.07) is 10.1. The maximum absolute atomic E-state index is 12.6. The second-order valence-electron chi connectivity index (χ2n) is 5.97. The lowest BCUT2D eigenvalue weighted by Crippen LogP contribution is -2.47. The van der Waals surface area contributed by atoms with E-state index in [4.69, 9.17) is 4.74 Å². The SMILES string of the molecule is Cc1nccn1CCC(NC(=O)N1CCOCC1)c1ccccc1. The fourth-order valence-corrected chi connectivity index (χ4v) is 2.92. The van der Waals surface area contributed by atoms with Gasteiger partial charge in [-0.25, -0.2) is 9.78 Å². The number of urea groups is 1. The predicted octanol–water partition coefficient (Wildman–Crippen LogP) is 2.36. The molecule has 1 unspecified atom stereocenters. The molecule has 1 aliphatic rings. The molecule has 24 heavy (non-hydrogen) atoms. The van der Waals surface area contributed by atoms with Crippen molar-refractivity contribution in [2.75, 3.05) is 26.3 Å². The second kappa shape index (κ2) is 7.97. The molecule has 6 heteroatoms. The molecule has 6 nitrogen and oxygen atoms in total. The number of imidazole rings is 1. The summed E-state index contributed by atoms with van der Waals surface area (Å²) in [6.07, 6.45) is 4.59. The topological polar surface area (TPSA) is 59.4 Å². The van der Waals surface area contributed by atoms with E-state index in [0.29, 0.717) is 26.3 Å². The van der Waals surface area contributed by atoms with Crippen molar-refractivity contribution < 1.29 is 9.53 Å². The molecule has 0 radical (unpaired) electrons. The van der Waals surface area contributed by atoms with Gasteiger partial charge in [-0.15, -0.1) is 0 Å². The Balaban J connectivity index is 1.67. The molecule has 1 fully saturated rings. The zero-order chi connectivity index (χ0) is 16.8. The van der Waals surface area contributed by atoms with Gasteiger partial charge in [0.15, 0.2) is 0 Å². The number of morpholine rings is 1. The number of aryl methyl sites for hydroxylation is 2. The molecule has 0 aliphatic carbocycles. The zero-order valence-corrected chi connectivity index (χ0v) is 14.0. The second-order valence-corrected chi connectivity index (χ2v) is 5.97. The summed E-state index contributed by atoms with van der Waals surface area (Å²) in [5, 5.41) is 3.18. The van der Waals surface area contributed by atoms with Crippen molar-refractivity contribution in [3.8, 4) is 0 Å². The van der Waals surface area contributed by atoms with E-state index in [1.165, 1.54) is 0 Å². The molecule has 1 aliphatic heterocycles. The first-order valence-corrected chi connectivity index (χ1v) is 8.40. The smallest absolute Gasteiger partial charge is 0.318 e. The van der Waals surface area contributed by atoms with Gasteiger partial charge in [0.2, 0.25) is 0 Å². The lowest BCUT2D eigenvalue weighted by molar-refractivity contribution is 0.0523. The number of hydrogen-bond donors (Lipinski definition) is 1. The van der Waals surface area contributed by atoms with Gasteiger partial charge >= 0.3 is 6.03 Å². The Bertz CT molecular complexity index is 650. The number of hydrogen-bond acceptors (Lipinski definition) is 3. The summed E-state index contributed by atoms with van der Waals surface area (Å²) >= 11 is 0. The van der Waals surface area contributed by atoms with E-state index in [-0.39, 0.29) is 12.1 Å². The van der Waals surface area contributed by atoms with Gasteiger partial charge in [-0.1, -0.05) is 30.3 Å². The van der Waals surface area contributed by atoms with E-state index in [0.717, 1.165) is 24.4 Å². The number of aromatic nitrogens is 2. The monoisotopic (exact) mass is 328 g/mol. The number of rotatable bonds is 5. The van der Waals surface area contributed by atoms with Gasteiger partial charge in [-0.3, -0.25) is 0 Å². The highest BCUT2D eigenvalue weighted by atomic mass is 16.5. The maximum atomic E-state index is 12.6. The Hall–Kier alpha value is -2.34. The van der Waals surface area contributed by atoms with Crippen LogP contribution in [0, 0.1) is 6.92 Å². The Kier molecular flexibility index (Phi) is 5.48. The maximum Gasteiger partial charge on any atom is 0.318 e. The van der Waals surface area contributed by atoms with Gasteiger partial charge < -0.3 is 19.5 Å². The zero-order valence-electron chi connectivity index (χ0n) is 14.0. The molecular formula is C18H24N4O2. The fraction of sp³-hybridized carbons (Fsp3) is 0.444. The third-order valence-corrected chi connectivity index (χ3v) is 4.38. The summed E-state index contributed by atoms with van der Waals surface area (Å²) in [5.74, 6) is 0.987. The molecule has 0 spiro atoms. The minimum Gasteiger partial charge on any atom is -0.378 e. The molecule has 0 saturated carbocycles. The number of carbonyl (C=O) groups excluding carboxylic acids is 1. The van der Waals surface area contributed by atoms with Gasteiger partial charge in [-0.2, -0.15) is 0 Å². The minimum absolute atomic E-state index is 0.0190. The molecule has 3 rings (SSSR count). The van der Waals surface area contributed by atoms with Crippen LogP contribution in [0.1, 0.15) is 23.9 Å². The average molecular weight is 328 g/mol. The van der Waals surface area contributed by atoms with Crippen LogP contribution in [0.5, 0.6) is 0 Å². The molecular weight excluding hydrogens is 304 g/mol. The highest BCUT2D eigenvalue weighted by Gasteiger charge is 2.21.